The second-order valence-corrected chi connectivity index (χ2v) is 6.38. The molecule has 2 aliphatic carbocycles. The van der Waals surface area contributed by atoms with E-state index in [2.05, 4.69) is 32.0 Å². The van der Waals surface area contributed by atoms with E-state index < -0.39 is 0 Å². The number of benzene rings is 1. The average Bonchev–Trinajstić information content (AvgIpc) is 3.08. The van der Waals surface area contributed by atoms with Gasteiger partial charge in [-0.2, -0.15) is 0 Å². The van der Waals surface area contributed by atoms with E-state index in [1.54, 1.807) is 0 Å². The van der Waals surface area contributed by atoms with Crippen LogP contribution in [0.1, 0.15) is 42.4 Å². The first kappa shape index (κ1) is 12.2. The standard InChI is InChI=1S/C17H24O/c1-11-7-8-13(9-12(11)2)10-16(18)17-14-5-3-4-6-15(14)17/h7-9,14-18H,3-6,10H2,1-2H3. The van der Waals surface area contributed by atoms with Gasteiger partial charge in [-0.05, 0) is 67.6 Å². The van der Waals surface area contributed by atoms with Crippen molar-refractivity contribution in [2.24, 2.45) is 17.8 Å². The Morgan fingerprint density at radius 1 is 1.11 bits per heavy atom. The Hall–Kier alpha value is -0.820. The van der Waals surface area contributed by atoms with E-state index in [1.807, 2.05) is 0 Å². The number of aliphatic hydroxyl groups excluding tert-OH is 1. The number of aryl methyl sites for hydroxylation is 2. The summed E-state index contributed by atoms with van der Waals surface area (Å²) in [5.74, 6) is 2.30. The van der Waals surface area contributed by atoms with E-state index in [-0.39, 0.29) is 6.10 Å². The molecule has 1 nitrogen and oxygen atoms in total. The molecule has 1 aromatic rings. The van der Waals surface area contributed by atoms with Crippen LogP contribution in [0.25, 0.3) is 0 Å². The first-order valence-electron chi connectivity index (χ1n) is 7.41. The normalized spacial score (nSPS) is 31.8. The van der Waals surface area contributed by atoms with Crippen molar-refractivity contribution in [3.8, 4) is 0 Å². The van der Waals surface area contributed by atoms with Gasteiger partial charge in [-0.25, -0.2) is 0 Å². The van der Waals surface area contributed by atoms with E-state index in [9.17, 15) is 5.11 Å². The number of fused-ring (bicyclic) bond motifs is 1. The molecular formula is C17H24O. The van der Waals surface area contributed by atoms with Gasteiger partial charge >= 0.3 is 0 Å². The van der Waals surface area contributed by atoms with Gasteiger partial charge in [0.1, 0.15) is 0 Å². The van der Waals surface area contributed by atoms with Crippen molar-refractivity contribution >= 4 is 0 Å². The predicted molar refractivity (Wildman–Crippen MR) is 74.6 cm³/mol. The van der Waals surface area contributed by atoms with Crippen molar-refractivity contribution in [2.45, 2.75) is 52.1 Å². The number of hydrogen-bond acceptors (Lipinski definition) is 1. The molecule has 2 saturated carbocycles. The van der Waals surface area contributed by atoms with Gasteiger partial charge in [-0.15, -0.1) is 0 Å². The maximum Gasteiger partial charge on any atom is 0.0614 e. The molecule has 1 heteroatoms. The topological polar surface area (TPSA) is 20.2 Å². The molecule has 2 aliphatic rings. The minimum absolute atomic E-state index is 0.111. The summed E-state index contributed by atoms with van der Waals surface area (Å²) in [5.41, 5.74) is 3.98. The predicted octanol–water partition coefficient (Wildman–Crippen LogP) is 3.64. The zero-order valence-corrected chi connectivity index (χ0v) is 11.5. The second kappa shape index (κ2) is 4.70. The van der Waals surface area contributed by atoms with Gasteiger partial charge in [-0.1, -0.05) is 31.0 Å². The van der Waals surface area contributed by atoms with Crippen LogP contribution in [0.15, 0.2) is 18.2 Å². The first-order valence-corrected chi connectivity index (χ1v) is 7.41. The van der Waals surface area contributed by atoms with Gasteiger partial charge < -0.3 is 5.11 Å². The Bertz CT molecular complexity index is 425. The van der Waals surface area contributed by atoms with E-state index in [4.69, 9.17) is 0 Å². The lowest BCUT2D eigenvalue weighted by Gasteiger charge is -2.12. The summed E-state index contributed by atoms with van der Waals surface area (Å²) in [7, 11) is 0. The van der Waals surface area contributed by atoms with E-state index in [1.165, 1.54) is 42.4 Å². The zero-order valence-electron chi connectivity index (χ0n) is 11.5. The lowest BCUT2D eigenvalue weighted by atomic mass is 9.99. The molecule has 0 aliphatic heterocycles. The van der Waals surface area contributed by atoms with Gasteiger partial charge in [0.25, 0.3) is 0 Å². The van der Waals surface area contributed by atoms with Crippen molar-refractivity contribution < 1.29 is 5.11 Å². The molecule has 0 heterocycles. The SMILES string of the molecule is Cc1ccc(CC(O)C2C3CCCCC32)cc1C. The summed E-state index contributed by atoms with van der Waals surface area (Å²) in [5, 5.41) is 10.4. The van der Waals surface area contributed by atoms with Crippen molar-refractivity contribution in [3.63, 3.8) is 0 Å². The van der Waals surface area contributed by atoms with E-state index >= 15 is 0 Å². The van der Waals surface area contributed by atoms with Crippen molar-refractivity contribution in [1.82, 2.24) is 0 Å². The highest BCUT2D eigenvalue weighted by Crippen LogP contribution is 2.57. The van der Waals surface area contributed by atoms with Crippen LogP contribution in [0.3, 0.4) is 0 Å². The third-order valence-corrected chi connectivity index (χ3v) is 5.18. The van der Waals surface area contributed by atoms with Gasteiger partial charge in [0.15, 0.2) is 0 Å². The highest BCUT2D eigenvalue weighted by Gasteiger charge is 2.53. The fourth-order valence-corrected chi connectivity index (χ4v) is 3.93. The van der Waals surface area contributed by atoms with Crippen LogP contribution in [-0.4, -0.2) is 11.2 Å². The molecule has 0 radical (unpaired) electrons. The highest BCUT2D eigenvalue weighted by molar-refractivity contribution is 5.30. The van der Waals surface area contributed by atoms with Crippen LogP contribution in [-0.2, 0) is 6.42 Å². The number of rotatable bonds is 3. The summed E-state index contributed by atoms with van der Waals surface area (Å²) in [6, 6.07) is 6.60. The molecule has 3 rings (SSSR count). The first-order chi connectivity index (χ1) is 8.66. The van der Waals surface area contributed by atoms with Crippen LogP contribution in [0.5, 0.6) is 0 Å². The van der Waals surface area contributed by atoms with Crippen LogP contribution < -0.4 is 0 Å². The summed E-state index contributed by atoms with van der Waals surface area (Å²) in [4.78, 5) is 0. The summed E-state index contributed by atoms with van der Waals surface area (Å²) in [6.45, 7) is 4.30. The fourth-order valence-electron chi connectivity index (χ4n) is 3.93. The zero-order chi connectivity index (χ0) is 12.7. The smallest absolute Gasteiger partial charge is 0.0614 e. The minimum Gasteiger partial charge on any atom is -0.392 e. The largest absolute Gasteiger partial charge is 0.392 e. The van der Waals surface area contributed by atoms with Crippen LogP contribution in [0.2, 0.25) is 0 Å². The van der Waals surface area contributed by atoms with Crippen LogP contribution >= 0.6 is 0 Å². The molecule has 98 valence electrons. The van der Waals surface area contributed by atoms with Gasteiger partial charge in [0.2, 0.25) is 0 Å². The highest BCUT2D eigenvalue weighted by atomic mass is 16.3. The molecule has 3 atom stereocenters. The lowest BCUT2D eigenvalue weighted by molar-refractivity contribution is 0.140. The molecule has 1 N–H and O–H groups in total. The molecule has 0 spiro atoms. The Kier molecular flexibility index (Phi) is 3.19. The van der Waals surface area contributed by atoms with Crippen LogP contribution in [0, 0.1) is 31.6 Å². The Balaban J connectivity index is 1.64. The average molecular weight is 244 g/mol. The van der Waals surface area contributed by atoms with Gasteiger partial charge in [0, 0.05) is 0 Å². The fraction of sp³-hybridized carbons (Fsp3) is 0.647. The molecule has 0 amide bonds. The Morgan fingerprint density at radius 3 is 2.39 bits per heavy atom. The van der Waals surface area contributed by atoms with Crippen molar-refractivity contribution in [3.05, 3.63) is 34.9 Å². The number of hydrogen-bond donors (Lipinski definition) is 1. The van der Waals surface area contributed by atoms with E-state index in [0.29, 0.717) is 5.92 Å². The number of aliphatic hydroxyl groups is 1. The molecule has 18 heavy (non-hydrogen) atoms. The summed E-state index contributed by atoms with van der Waals surface area (Å²) < 4.78 is 0. The third-order valence-electron chi connectivity index (χ3n) is 5.18. The molecule has 0 aromatic heterocycles. The quantitative estimate of drug-likeness (QED) is 0.860. The maximum atomic E-state index is 10.4. The Morgan fingerprint density at radius 2 is 1.78 bits per heavy atom. The van der Waals surface area contributed by atoms with Gasteiger partial charge in [-0.3, -0.25) is 0 Å². The monoisotopic (exact) mass is 244 g/mol. The van der Waals surface area contributed by atoms with Crippen LogP contribution in [0.4, 0.5) is 0 Å². The molecule has 3 unspecified atom stereocenters. The molecule has 2 fully saturated rings. The molecule has 0 saturated heterocycles. The van der Waals surface area contributed by atoms with Crippen molar-refractivity contribution in [1.29, 1.82) is 0 Å². The summed E-state index contributed by atoms with van der Waals surface area (Å²) in [6.07, 6.45) is 6.22. The van der Waals surface area contributed by atoms with Crippen molar-refractivity contribution in [2.75, 3.05) is 0 Å². The maximum absolute atomic E-state index is 10.4. The summed E-state index contributed by atoms with van der Waals surface area (Å²) >= 11 is 0. The molecule has 1 aromatic carbocycles. The van der Waals surface area contributed by atoms with E-state index in [0.717, 1.165) is 18.3 Å². The lowest BCUT2D eigenvalue weighted by Crippen LogP contribution is -2.15. The molecule has 0 bridgehead atoms. The second-order valence-electron chi connectivity index (χ2n) is 6.38. The van der Waals surface area contributed by atoms with Gasteiger partial charge in [0.05, 0.1) is 6.10 Å². The molecular weight excluding hydrogens is 220 g/mol. The third kappa shape index (κ3) is 2.21. The minimum atomic E-state index is -0.111. The Labute approximate surface area is 110 Å².